The van der Waals surface area contributed by atoms with Gasteiger partial charge in [0.2, 0.25) is 5.91 Å². The minimum absolute atomic E-state index is 0.101. The number of hydrogen-bond acceptors (Lipinski definition) is 4. The highest BCUT2D eigenvalue weighted by Crippen LogP contribution is 2.02. The fourth-order valence-corrected chi connectivity index (χ4v) is 1.75. The normalized spacial score (nSPS) is 21.4. The molecular weight excluding hydrogens is 204 g/mol. The number of nitriles is 1. The SMILES string of the molecule is C[C@H]1CNCCN1CC(=O)N(C)CCC#N. The molecule has 0 saturated carbocycles. The number of likely N-dealkylation sites (N-methyl/N-ethyl adjacent to an activating group) is 1. The van der Waals surface area contributed by atoms with E-state index in [0.29, 0.717) is 25.6 Å². The molecule has 0 unspecified atom stereocenters. The van der Waals surface area contributed by atoms with Crippen molar-refractivity contribution in [3.63, 3.8) is 0 Å². The monoisotopic (exact) mass is 224 g/mol. The fourth-order valence-electron chi connectivity index (χ4n) is 1.75. The second kappa shape index (κ2) is 6.46. The zero-order chi connectivity index (χ0) is 12.0. The van der Waals surface area contributed by atoms with Crippen LogP contribution in [0.25, 0.3) is 0 Å². The zero-order valence-corrected chi connectivity index (χ0v) is 10.1. The molecule has 0 aromatic heterocycles. The van der Waals surface area contributed by atoms with E-state index in [0.717, 1.165) is 19.6 Å². The molecule has 5 heteroatoms. The van der Waals surface area contributed by atoms with E-state index >= 15 is 0 Å². The second-order valence-corrected chi connectivity index (χ2v) is 4.25. The molecule has 90 valence electrons. The largest absolute Gasteiger partial charge is 0.344 e. The number of carbonyl (C=O) groups is 1. The van der Waals surface area contributed by atoms with E-state index in [1.54, 1.807) is 11.9 Å². The summed E-state index contributed by atoms with van der Waals surface area (Å²) >= 11 is 0. The second-order valence-electron chi connectivity index (χ2n) is 4.25. The van der Waals surface area contributed by atoms with Gasteiger partial charge in [-0.3, -0.25) is 9.69 Å². The molecule has 0 aromatic carbocycles. The van der Waals surface area contributed by atoms with Crippen LogP contribution in [0.2, 0.25) is 0 Å². The van der Waals surface area contributed by atoms with Gasteiger partial charge in [-0.15, -0.1) is 0 Å². The van der Waals surface area contributed by atoms with Crippen molar-refractivity contribution in [3.05, 3.63) is 0 Å². The highest BCUT2D eigenvalue weighted by Gasteiger charge is 2.21. The van der Waals surface area contributed by atoms with E-state index in [1.807, 2.05) is 6.07 Å². The molecule has 1 saturated heterocycles. The minimum Gasteiger partial charge on any atom is -0.344 e. The van der Waals surface area contributed by atoms with Gasteiger partial charge in [0.15, 0.2) is 0 Å². The first-order valence-corrected chi connectivity index (χ1v) is 5.71. The van der Waals surface area contributed by atoms with Gasteiger partial charge < -0.3 is 10.2 Å². The number of amides is 1. The average molecular weight is 224 g/mol. The first-order valence-electron chi connectivity index (χ1n) is 5.71. The Morgan fingerprint density at radius 2 is 2.44 bits per heavy atom. The van der Waals surface area contributed by atoms with E-state index in [1.165, 1.54) is 0 Å². The first kappa shape index (κ1) is 12.9. The molecule has 1 aliphatic rings. The highest BCUT2D eigenvalue weighted by atomic mass is 16.2. The van der Waals surface area contributed by atoms with Crippen molar-refractivity contribution >= 4 is 5.91 Å². The average Bonchev–Trinajstić information content (AvgIpc) is 2.28. The van der Waals surface area contributed by atoms with Crippen LogP contribution in [0.5, 0.6) is 0 Å². The van der Waals surface area contributed by atoms with Crippen LogP contribution in [-0.4, -0.2) is 61.5 Å². The molecule has 1 rings (SSSR count). The Morgan fingerprint density at radius 1 is 1.69 bits per heavy atom. The van der Waals surface area contributed by atoms with Crippen LogP contribution in [0.4, 0.5) is 0 Å². The third-order valence-corrected chi connectivity index (χ3v) is 2.96. The maximum atomic E-state index is 11.8. The summed E-state index contributed by atoms with van der Waals surface area (Å²) in [6, 6.07) is 2.45. The standard InChI is InChI=1S/C11H20N4O/c1-10-8-13-5-7-15(10)9-11(16)14(2)6-3-4-12/h10,13H,3,5-9H2,1-2H3/t10-/m0/s1. The molecule has 0 bridgehead atoms. The van der Waals surface area contributed by atoms with Gasteiger partial charge in [0.25, 0.3) is 0 Å². The van der Waals surface area contributed by atoms with E-state index in [4.69, 9.17) is 5.26 Å². The van der Waals surface area contributed by atoms with Crippen molar-refractivity contribution in [1.82, 2.24) is 15.1 Å². The van der Waals surface area contributed by atoms with Crippen molar-refractivity contribution in [3.8, 4) is 6.07 Å². The van der Waals surface area contributed by atoms with Crippen LogP contribution in [-0.2, 0) is 4.79 Å². The van der Waals surface area contributed by atoms with Gasteiger partial charge in [-0.05, 0) is 6.92 Å². The molecule has 1 N–H and O–H groups in total. The van der Waals surface area contributed by atoms with Crippen LogP contribution in [0, 0.1) is 11.3 Å². The van der Waals surface area contributed by atoms with E-state index in [9.17, 15) is 4.79 Å². The smallest absolute Gasteiger partial charge is 0.236 e. The summed E-state index contributed by atoms with van der Waals surface area (Å²) in [5.41, 5.74) is 0. The number of nitrogens with one attached hydrogen (secondary N) is 1. The Kier molecular flexibility index (Phi) is 5.23. The molecule has 1 heterocycles. The van der Waals surface area contributed by atoms with Gasteiger partial charge in [0.1, 0.15) is 0 Å². The molecule has 1 fully saturated rings. The number of carbonyl (C=O) groups excluding carboxylic acids is 1. The Bertz CT molecular complexity index is 274. The van der Waals surface area contributed by atoms with E-state index in [2.05, 4.69) is 17.1 Å². The summed E-state index contributed by atoms with van der Waals surface area (Å²) in [6.45, 7) is 5.91. The van der Waals surface area contributed by atoms with Crippen LogP contribution >= 0.6 is 0 Å². The van der Waals surface area contributed by atoms with Crippen LogP contribution in [0.1, 0.15) is 13.3 Å². The van der Waals surface area contributed by atoms with Crippen molar-refractivity contribution in [2.24, 2.45) is 0 Å². The predicted molar refractivity (Wildman–Crippen MR) is 61.8 cm³/mol. The summed E-state index contributed by atoms with van der Waals surface area (Å²) in [5.74, 6) is 0.101. The predicted octanol–water partition coefficient (Wildman–Crippen LogP) is -0.348. The van der Waals surface area contributed by atoms with Crippen molar-refractivity contribution < 1.29 is 4.79 Å². The number of piperazine rings is 1. The van der Waals surface area contributed by atoms with Crippen molar-refractivity contribution in [2.45, 2.75) is 19.4 Å². The van der Waals surface area contributed by atoms with E-state index in [-0.39, 0.29) is 5.91 Å². The molecule has 0 spiro atoms. The maximum absolute atomic E-state index is 11.8. The Hall–Kier alpha value is -1.12. The van der Waals surface area contributed by atoms with Gasteiger partial charge >= 0.3 is 0 Å². The van der Waals surface area contributed by atoms with Gasteiger partial charge in [0, 0.05) is 39.3 Å². The molecule has 5 nitrogen and oxygen atoms in total. The highest BCUT2D eigenvalue weighted by molar-refractivity contribution is 5.78. The molecule has 1 amide bonds. The fraction of sp³-hybridized carbons (Fsp3) is 0.818. The minimum atomic E-state index is 0.101. The molecular formula is C11H20N4O. The van der Waals surface area contributed by atoms with Gasteiger partial charge in [-0.2, -0.15) is 5.26 Å². The molecule has 0 aliphatic carbocycles. The summed E-state index contributed by atoms with van der Waals surface area (Å²) in [5, 5.41) is 11.7. The zero-order valence-electron chi connectivity index (χ0n) is 10.1. The van der Waals surface area contributed by atoms with Crippen LogP contribution < -0.4 is 5.32 Å². The Morgan fingerprint density at radius 3 is 3.06 bits per heavy atom. The summed E-state index contributed by atoms with van der Waals surface area (Å²) in [4.78, 5) is 15.6. The Balaban J connectivity index is 2.35. The van der Waals surface area contributed by atoms with Crippen molar-refractivity contribution in [1.29, 1.82) is 5.26 Å². The lowest BCUT2D eigenvalue weighted by atomic mass is 10.2. The maximum Gasteiger partial charge on any atom is 0.236 e. The quantitative estimate of drug-likeness (QED) is 0.709. The number of rotatable bonds is 4. The topological polar surface area (TPSA) is 59.4 Å². The third kappa shape index (κ3) is 3.80. The third-order valence-electron chi connectivity index (χ3n) is 2.96. The summed E-state index contributed by atoms with van der Waals surface area (Å²) in [6.07, 6.45) is 0.402. The molecule has 1 aliphatic heterocycles. The van der Waals surface area contributed by atoms with Gasteiger partial charge in [-0.1, -0.05) is 0 Å². The lowest BCUT2D eigenvalue weighted by Gasteiger charge is -2.34. The lowest BCUT2D eigenvalue weighted by molar-refractivity contribution is -0.131. The molecule has 16 heavy (non-hydrogen) atoms. The van der Waals surface area contributed by atoms with Gasteiger partial charge in [0.05, 0.1) is 19.0 Å². The van der Waals surface area contributed by atoms with Crippen molar-refractivity contribution in [2.75, 3.05) is 39.8 Å². The van der Waals surface area contributed by atoms with E-state index < -0.39 is 0 Å². The van der Waals surface area contributed by atoms with Crippen LogP contribution in [0.15, 0.2) is 0 Å². The van der Waals surface area contributed by atoms with Gasteiger partial charge in [-0.25, -0.2) is 0 Å². The number of hydrogen-bond donors (Lipinski definition) is 1. The Labute approximate surface area is 97.0 Å². The lowest BCUT2D eigenvalue weighted by Crippen LogP contribution is -2.52. The first-order chi connectivity index (χ1) is 7.65. The molecule has 1 atom stereocenters. The molecule has 0 radical (unpaired) electrons. The summed E-state index contributed by atoms with van der Waals surface area (Å²) < 4.78 is 0. The molecule has 0 aromatic rings. The van der Waals surface area contributed by atoms with Crippen LogP contribution in [0.3, 0.4) is 0 Å². The summed E-state index contributed by atoms with van der Waals surface area (Å²) in [7, 11) is 1.76. The number of nitrogens with zero attached hydrogens (tertiary/aromatic N) is 3.